The first-order valence-corrected chi connectivity index (χ1v) is 33.9. The standard InChI is InChI=1S/C75H110O10/c1-6-11-16-21-26-31-36-81-71-51-56-42-62-47-68(78)58(53-73(62)83-38-33-28-23-18-13-8-3)44-64-49-70(80)60(55-75(64)85-40-35-30-25-20-15-10-5)45-65-50-69(79)59(54-74(65)84-39-34-29-24-19-14-9-4)43-63-48-67(77)57(41-61(71)46-66(56)76)52-72(63)82-37-32-27-22-17-12-7-2/h46-55,76-80H,6-45H2,1-5H3. The lowest BCUT2D eigenvalue weighted by molar-refractivity contribution is 0.298. The Kier molecular flexibility index (Phi) is 31.3. The normalized spacial score (nSPS) is 12.3. The van der Waals surface area contributed by atoms with Crippen LogP contribution in [0.5, 0.6) is 57.5 Å². The first-order chi connectivity index (χ1) is 41.5. The molecule has 0 amide bonds. The van der Waals surface area contributed by atoms with Crippen LogP contribution in [-0.2, 0) is 32.1 Å². The van der Waals surface area contributed by atoms with Crippen molar-refractivity contribution in [3.8, 4) is 57.5 Å². The smallest absolute Gasteiger partial charge is 0.123 e. The van der Waals surface area contributed by atoms with Gasteiger partial charge in [0, 0.05) is 87.7 Å². The zero-order valence-corrected chi connectivity index (χ0v) is 53.3. The third-order valence-electron chi connectivity index (χ3n) is 17.0. The number of benzene rings is 5. The maximum absolute atomic E-state index is 12.1. The lowest BCUT2D eigenvalue weighted by Gasteiger charge is -2.19. The molecule has 0 saturated heterocycles. The topological polar surface area (TPSA) is 147 Å². The molecule has 0 saturated carbocycles. The number of phenolic OH excluding ortho intramolecular Hbond substituents is 5. The Morgan fingerprint density at radius 2 is 0.365 bits per heavy atom. The Labute approximate surface area is 513 Å². The number of hydrogen-bond donors (Lipinski definition) is 5. The SMILES string of the molecule is CCCCCCCCOc1cc2c(O)cc1Cc1cc(OCCCCCCCC)c(cc1O)Cc1cc(OCCCCCCCC)c(cc1O)Cc1cc(OCCCCCCCC)c(cc1O)Cc1cc(OCCCCCCCC)c(cc1O)C2. The number of unbranched alkanes of at least 4 members (excludes halogenated alkanes) is 25. The molecule has 15 rings (SSSR count). The molecule has 10 bridgehead atoms. The summed E-state index contributed by atoms with van der Waals surface area (Å²) in [6.45, 7) is 13.6. The van der Waals surface area contributed by atoms with Crippen LogP contribution in [0.1, 0.15) is 283 Å². The second kappa shape index (κ2) is 39.0. The molecular weight excluding hydrogens is 1060 g/mol. The van der Waals surface area contributed by atoms with E-state index >= 15 is 0 Å². The molecule has 10 nitrogen and oxygen atoms in total. The van der Waals surface area contributed by atoms with Crippen molar-refractivity contribution in [3.05, 3.63) is 116 Å². The van der Waals surface area contributed by atoms with Crippen molar-refractivity contribution in [2.75, 3.05) is 33.0 Å². The average Bonchev–Trinajstić information content (AvgIpc) is 3.69. The number of aromatic hydroxyl groups is 5. The fourth-order valence-corrected chi connectivity index (χ4v) is 11.7. The molecule has 0 aromatic heterocycles. The summed E-state index contributed by atoms with van der Waals surface area (Å²) in [5.41, 5.74) is 6.75. The lowest BCUT2D eigenvalue weighted by Crippen LogP contribution is -2.06. The molecule has 10 aliphatic carbocycles. The van der Waals surface area contributed by atoms with E-state index in [4.69, 9.17) is 23.7 Å². The second-order valence-corrected chi connectivity index (χ2v) is 24.4. The van der Waals surface area contributed by atoms with Crippen LogP contribution in [0.2, 0.25) is 0 Å². The van der Waals surface area contributed by atoms with Crippen molar-refractivity contribution in [1.29, 1.82) is 0 Å². The van der Waals surface area contributed by atoms with Crippen molar-refractivity contribution in [2.45, 2.75) is 259 Å². The second-order valence-electron chi connectivity index (χ2n) is 24.4. The first-order valence-electron chi connectivity index (χ1n) is 33.9. The summed E-state index contributed by atoms with van der Waals surface area (Å²) in [6.07, 6.45) is 34.6. The van der Waals surface area contributed by atoms with E-state index in [-0.39, 0.29) is 60.9 Å². The molecule has 0 aliphatic heterocycles. The average molecular weight is 1170 g/mol. The van der Waals surface area contributed by atoms with Crippen molar-refractivity contribution >= 4 is 0 Å². The molecule has 0 unspecified atom stereocenters. The first kappa shape index (κ1) is 68.2. The zero-order chi connectivity index (χ0) is 60.4. The van der Waals surface area contributed by atoms with E-state index in [9.17, 15) is 25.5 Å². The van der Waals surface area contributed by atoms with Crippen LogP contribution in [0.25, 0.3) is 0 Å². The summed E-state index contributed by atoms with van der Waals surface area (Å²) in [5, 5.41) is 60.5. The Morgan fingerprint density at radius 1 is 0.212 bits per heavy atom. The maximum Gasteiger partial charge on any atom is 0.123 e. The van der Waals surface area contributed by atoms with Crippen LogP contribution < -0.4 is 23.7 Å². The minimum atomic E-state index is 0.0738. The molecule has 10 aliphatic rings. The summed E-state index contributed by atoms with van der Waals surface area (Å²) in [7, 11) is 0. The Bertz CT molecular complexity index is 2280. The number of hydrogen-bond acceptors (Lipinski definition) is 10. The van der Waals surface area contributed by atoms with Gasteiger partial charge in [-0.1, -0.05) is 195 Å². The Morgan fingerprint density at radius 3 is 0.529 bits per heavy atom. The quantitative estimate of drug-likeness (QED) is 0.0236. The molecule has 0 spiro atoms. The van der Waals surface area contributed by atoms with E-state index in [2.05, 4.69) is 34.6 Å². The van der Waals surface area contributed by atoms with Gasteiger partial charge in [-0.25, -0.2) is 0 Å². The van der Waals surface area contributed by atoms with Crippen LogP contribution >= 0.6 is 0 Å². The van der Waals surface area contributed by atoms with Gasteiger partial charge >= 0.3 is 0 Å². The molecule has 5 aromatic rings. The van der Waals surface area contributed by atoms with Crippen LogP contribution in [0, 0.1) is 0 Å². The van der Waals surface area contributed by atoms with Gasteiger partial charge in [0.1, 0.15) is 57.5 Å². The predicted molar refractivity (Wildman–Crippen MR) is 349 cm³/mol. The molecule has 5 aromatic carbocycles. The molecular formula is C75H110O10. The van der Waals surface area contributed by atoms with Crippen molar-refractivity contribution in [3.63, 3.8) is 0 Å². The third-order valence-corrected chi connectivity index (χ3v) is 17.0. The van der Waals surface area contributed by atoms with Gasteiger partial charge in [-0.2, -0.15) is 0 Å². The zero-order valence-electron chi connectivity index (χ0n) is 53.3. The molecule has 0 radical (unpaired) electrons. The molecule has 0 fully saturated rings. The molecule has 5 N–H and O–H groups in total. The van der Waals surface area contributed by atoms with Gasteiger partial charge in [0.05, 0.1) is 33.0 Å². The highest BCUT2D eigenvalue weighted by molar-refractivity contribution is 5.59. The van der Waals surface area contributed by atoms with Crippen LogP contribution in [0.4, 0.5) is 0 Å². The fourth-order valence-electron chi connectivity index (χ4n) is 11.7. The third kappa shape index (κ3) is 23.4. The van der Waals surface area contributed by atoms with E-state index in [1.807, 2.05) is 30.3 Å². The van der Waals surface area contributed by atoms with E-state index in [0.717, 1.165) is 124 Å². The summed E-state index contributed by atoms with van der Waals surface area (Å²) in [4.78, 5) is 0. The van der Waals surface area contributed by atoms with Crippen LogP contribution in [0.15, 0.2) is 60.7 Å². The van der Waals surface area contributed by atoms with Gasteiger partial charge in [0.2, 0.25) is 0 Å². The van der Waals surface area contributed by atoms with E-state index in [0.29, 0.717) is 89.6 Å². The minimum Gasteiger partial charge on any atom is -0.508 e. The number of ether oxygens (including phenoxy) is 5. The molecule has 10 heteroatoms. The Hall–Kier alpha value is -5.90. The molecule has 0 atom stereocenters. The summed E-state index contributed by atoms with van der Waals surface area (Å²) >= 11 is 0. The number of phenols is 5. The van der Waals surface area contributed by atoms with E-state index in [1.54, 1.807) is 30.3 Å². The summed E-state index contributed by atoms with van der Waals surface area (Å²) in [6, 6.07) is 18.4. The monoisotopic (exact) mass is 1170 g/mol. The highest BCUT2D eigenvalue weighted by Gasteiger charge is 2.23. The van der Waals surface area contributed by atoms with Gasteiger partial charge < -0.3 is 49.2 Å². The molecule has 0 heterocycles. The van der Waals surface area contributed by atoms with Crippen molar-refractivity contribution < 1.29 is 49.2 Å². The van der Waals surface area contributed by atoms with Gasteiger partial charge in [-0.3, -0.25) is 0 Å². The van der Waals surface area contributed by atoms with Gasteiger partial charge in [0.25, 0.3) is 0 Å². The lowest BCUT2D eigenvalue weighted by atomic mass is 9.94. The van der Waals surface area contributed by atoms with Crippen molar-refractivity contribution in [1.82, 2.24) is 0 Å². The summed E-state index contributed by atoms with van der Waals surface area (Å²) < 4.78 is 33.5. The highest BCUT2D eigenvalue weighted by Crippen LogP contribution is 2.42. The maximum atomic E-state index is 12.1. The van der Waals surface area contributed by atoms with E-state index in [1.165, 1.54) is 96.3 Å². The highest BCUT2D eigenvalue weighted by atomic mass is 16.5. The van der Waals surface area contributed by atoms with Gasteiger partial charge in [-0.05, 0) is 92.8 Å². The largest absolute Gasteiger partial charge is 0.508 e. The van der Waals surface area contributed by atoms with E-state index < -0.39 is 0 Å². The predicted octanol–water partition coefficient (Wildman–Crippen LogP) is 20.2. The molecule has 85 heavy (non-hydrogen) atoms. The van der Waals surface area contributed by atoms with Crippen LogP contribution in [0.3, 0.4) is 0 Å². The van der Waals surface area contributed by atoms with Gasteiger partial charge in [-0.15, -0.1) is 0 Å². The fraction of sp³-hybridized carbons (Fsp3) is 0.600. The van der Waals surface area contributed by atoms with Crippen molar-refractivity contribution in [2.24, 2.45) is 0 Å². The number of rotatable bonds is 40. The van der Waals surface area contributed by atoms with Crippen LogP contribution in [-0.4, -0.2) is 58.6 Å². The molecule has 470 valence electrons. The van der Waals surface area contributed by atoms with Gasteiger partial charge in [0.15, 0.2) is 0 Å². The Balaban J connectivity index is 1.50. The summed E-state index contributed by atoms with van der Waals surface area (Å²) in [5.74, 6) is 3.47. The minimum absolute atomic E-state index is 0.0738.